The molecule has 1 heterocycles. The van der Waals surface area contributed by atoms with Gasteiger partial charge < -0.3 is 10.6 Å². The number of nitrogens with one attached hydrogen (secondary N) is 2. The first kappa shape index (κ1) is 13.8. The highest BCUT2D eigenvalue weighted by atomic mass is 79.9. The molecule has 5 heteroatoms. The molecule has 1 aromatic carbocycles. The lowest BCUT2D eigenvalue weighted by atomic mass is 10.2. The third kappa shape index (κ3) is 3.44. The van der Waals surface area contributed by atoms with Crippen LogP contribution < -0.4 is 10.6 Å². The van der Waals surface area contributed by atoms with E-state index in [1.807, 2.05) is 31.2 Å². The number of para-hydroxylation sites is 1. The monoisotopic (exact) mass is 320 g/mol. The van der Waals surface area contributed by atoms with Gasteiger partial charge >= 0.3 is 0 Å². The Bertz CT molecular complexity index is 557. The zero-order valence-corrected chi connectivity index (χ0v) is 12.7. The molecule has 0 bridgehead atoms. The molecule has 19 heavy (non-hydrogen) atoms. The maximum Gasteiger partial charge on any atom is 0.138 e. The van der Waals surface area contributed by atoms with Gasteiger partial charge in [-0.15, -0.1) is 0 Å². The van der Waals surface area contributed by atoms with Gasteiger partial charge in [0.1, 0.15) is 18.0 Å². The lowest BCUT2D eigenvalue weighted by molar-refractivity contribution is 0.960. The Hall–Kier alpha value is -1.62. The standard InChI is InChI=1S/C14H17BrN4/c1-3-8-16-13-10(2)14(18-9-17-13)19-12-7-5-4-6-11(12)15/h4-7,9H,3,8H2,1-2H3,(H2,16,17,18,19). The van der Waals surface area contributed by atoms with E-state index in [2.05, 4.69) is 43.5 Å². The van der Waals surface area contributed by atoms with Crippen LogP contribution >= 0.6 is 15.9 Å². The highest BCUT2D eigenvalue weighted by Gasteiger charge is 2.07. The summed E-state index contributed by atoms with van der Waals surface area (Å²) in [6.07, 6.45) is 2.64. The number of rotatable bonds is 5. The van der Waals surface area contributed by atoms with Gasteiger partial charge in [0.05, 0.1) is 5.69 Å². The van der Waals surface area contributed by atoms with Crippen LogP contribution in [0.4, 0.5) is 17.3 Å². The Balaban J connectivity index is 2.23. The Kier molecular flexibility index (Phi) is 4.74. The van der Waals surface area contributed by atoms with Gasteiger partial charge in [0.15, 0.2) is 0 Å². The van der Waals surface area contributed by atoms with Gasteiger partial charge in [0.2, 0.25) is 0 Å². The van der Waals surface area contributed by atoms with E-state index in [1.54, 1.807) is 6.33 Å². The molecule has 0 aliphatic rings. The van der Waals surface area contributed by atoms with Gasteiger partial charge in [-0.1, -0.05) is 19.1 Å². The minimum Gasteiger partial charge on any atom is -0.370 e. The van der Waals surface area contributed by atoms with E-state index < -0.39 is 0 Å². The van der Waals surface area contributed by atoms with Crippen LogP contribution in [0.2, 0.25) is 0 Å². The Morgan fingerprint density at radius 1 is 1.16 bits per heavy atom. The van der Waals surface area contributed by atoms with E-state index >= 15 is 0 Å². The summed E-state index contributed by atoms with van der Waals surface area (Å²) in [4.78, 5) is 8.57. The van der Waals surface area contributed by atoms with Crippen LogP contribution in [-0.4, -0.2) is 16.5 Å². The minimum absolute atomic E-state index is 0.820. The molecular weight excluding hydrogens is 304 g/mol. The molecule has 0 fully saturated rings. The molecule has 1 aromatic heterocycles. The quantitative estimate of drug-likeness (QED) is 0.870. The van der Waals surface area contributed by atoms with Crippen LogP contribution in [0.25, 0.3) is 0 Å². The van der Waals surface area contributed by atoms with E-state index in [0.29, 0.717) is 0 Å². The van der Waals surface area contributed by atoms with Crippen LogP contribution in [-0.2, 0) is 0 Å². The number of hydrogen-bond acceptors (Lipinski definition) is 4. The SMILES string of the molecule is CCCNc1ncnc(Nc2ccccc2Br)c1C. The van der Waals surface area contributed by atoms with Crippen molar-refractivity contribution in [1.82, 2.24) is 9.97 Å². The molecule has 0 saturated heterocycles. The topological polar surface area (TPSA) is 49.8 Å². The predicted octanol–water partition coefficient (Wildman–Crippen LogP) is 4.11. The second-order valence-electron chi connectivity index (χ2n) is 4.23. The summed E-state index contributed by atoms with van der Waals surface area (Å²) in [6.45, 7) is 5.05. The van der Waals surface area contributed by atoms with Crippen molar-refractivity contribution in [2.75, 3.05) is 17.2 Å². The molecule has 0 radical (unpaired) electrons. The van der Waals surface area contributed by atoms with Crippen molar-refractivity contribution in [2.45, 2.75) is 20.3 Å². The first-order chi connectivity index (χ1) is 9.22. The largest absolute Gasteiger partial charge is 0.370 e. The molecule has 2 rings (SSSR count). The molecule has 0 aliphatic heterocycles. The number of benzene rings is 1. The smallest absolute Gasteiger partial charge is 0.138 e. The third-order valence-corrected chi connectivity index (χ3v) is 3.44. The van der Waals surface area contributed by atoms with E-state index in [0.717, 1.165) is 40.3 Å². The summed E-state index contributed by atoms with van der Waals surface area (Å²) < 4.78 is 1.01. The predicted molar refractivity (Wildman–Crippen MR) is 83.0 cm³/mol. The van der Waals surface area contributed by atoms with Crippen LogP contribution in [0.5, 0.6) is 0 Å². The van der Waals surface area contributed by atoms with Crippen molar-refractivity contribution in [3.05, 3.63) is 40.6 Å². The fourth-order valence-corrected chi connectivity index (χ4v) is 2.07. The Morgan fingerprint density at radius 2 is 1.89 bits per heavy atom. The third-order valence-electron chi connectivity index (χ3n) is 2.75. The van der Waals surface area contributed by atoms with Crippen LogP contribution in [0.15, 0.2) is 35.1 Å². The molecule has 0 amide bonds. The number of anilines is 3. The fourth-order valence-electron chi connectivity index (χ4n) is 1.69. The van der Waals surface area contributed by atoms with Gasteiger partial charge in [-0.3, -0.25) is 0 Å². The highest BCUT2D eigenvalue weighted by molar-refractivity contribution is 9.10. The van der Waals surface area contributed by atoms with Crippen molar-refractivity contribution >= 4 is 33.3 Å². The molecule has 0 spiro atoms. The minimum atomic E-state index is 0.820. The number of hydrogen-bond donors (Lipinski definition) is 2. The second-order valence-corrected chi connectivity index (χ2v) is 5.08. The number of aromatic nitrogens is 2. The summed E-state index contributed by atoms with van der Waals surface area (Å²) in [5, 5.41) is 6.62. The normalized spacial score (nSPS) is 10.3. The molecular formula is C14H17BrN4. The first-order valence-corrected chi connectivity index (χ1v) is 7.08. The average molecular weight is 321 g/mol. The van der Waals surface area contributed by atoms with Crippen LogP contribution in [0.3, 0.4) is 0 Å². The van der Waals surface area contributed by atoms with Gasteiger partial charge in [-0.05, 0) is 41.4 Å². The van der Waals surface area contributed by atoms with Gasteiger partial charge in [0, 0.05) is 16.6 Å². The molecule has 0 saturated carbocycles. The van der Waals surface area contributed by atoms with E-state index in [4.69, 9.17) is 0 Å². The summed E-state index contributed by atoms with van der Waals surface area (Å²) >= 11 is 3.52. The van der Waals surface area contributed by atoms with Crippen molar-refractivity contribution in [1.29, 1.82) is 0 Å². The maximum atomic E-state index is 4.30. The molecule has 2 N–H and O–H groups in total. The second kappa shape index (κ2) is 6.52. The number of nitrogens with zero attached hydrogens (tertiary/aromatic N) is 2. The van der Waals surface area contributed by atoms with Crippen molar-refractivity contribution in [3.8, 4) is 0 Å². The zero-order chi connectivity index (χ0) is 13.7. The molecule has 0 unspecified atom stereocenters. The lowest BCUT2D eigenvalue weighted by Gasteiger charge is -2.13. The zero-order valence-electron chi connectivity index (χ0n) is 11.1. The number of halogens is 1. The summed E-state index contributed by atoms with van der Waals surface area (Å²) in [5.41, 5.74) is 2.01. The summed E-state index contributed by atoms with van der Waals surface area (Å²) in [7, 11) is 0. The lowest BCUT2D eigenvalue weighted by Crippen LogP contribution is -2.07. The average Bonchev–Trinajstić information content (AvgIpc) is 2.42. The molecule has 0 aliphatic carbocycles. The molecule has 0 atom stereocenters. The Labute approximate surface area is 121 Å². The van der Waals surface area contributed by atoms with Crippen molar-refractivity contribution in [3.63, 3.8) is 0 Å². The van der Waals surface area contributed by atoms with E-state index in [9.17, 15) is 0 Å². The van der Waals surface area contributed by atoms with E-state index in [-0.39, 0.29) is 0 Å². The van der Waals surface area contributed by atoms with Gasteiger partial charge in [-0.2, -0.15) is 0 Å². The van der Waals surface area contributed by atoms with Crippen LogP contribution in [0.1, 0.15) is 18.9 Å². The summed E-state index contributed by atoms with van der Waals surface area (Å²) in [6, 6.07) is 7.97. The van der Waals surface area contributed by atoms with E-state index in [1.165, 1.54) is 0 Å². The van der Waals surface area contributed by atoms with Crippen LogP contribution in [0, 0.1) is 6.92 Å². The van der Waals surface area contributed by atoms with Gasteiger partial charge in [0.25, 0.3) is 0 Å². The summed E-state index contributed by atoms with van der Waals surface area (Å²) in [5.74, 6) is 1.70. The van der Waals surface area contributed by atoms with Crippen molar-refractivity contribution < 1.29 is 0 Å². The molecule has 100 valence electrons. The van der Waals surface area contributed by atoms with Crippen molar-refractivity contribution in [2.24, 2.45) is 0 Å². The van der Waals surface area contributed by atoms with Gasteiger partial charge in [-0.25, -0.2) is 9.97 Å². The Morgan fingerprint density at radius 3 is 2.63 bits per heavy atom. The fraction of sp³-hybridized carbons (Fsp3) is 0.286. The first-order valence-electron chi connectivity index (χ1n) is 6.29. The maximum absolute atomic E-state index is 4.30. The molecule has 2 aromatic rings. The highest BCUT2D eigenvalue weighted by Crippen LogP contribution is 2.27. The molecule has 4 nitrogen and oxygen atoms in total.